The van der Waals surface area contributed by atoms with Crippen LogP contribution in [0.5, 0.6) is 0 Å². The number of anilines is 1. The molecule has 0 aliphatic rings. The highest BCUT2D eigenvalue weighted by molar-refractivity contribution is 9.10. The average molecular weight is 358 g/mol. The summed E-state index contributed by atoms with van der Waals surface area (Å²) >= 11 is 3.22. The third-order valence-corrected chi connectivity index (χ3v) is 3.64. The van der Waals surface area contributed by atoms with E-state index in [9.17, 15) is 13.2 Å². The van der Waals surface area contributed by atoms with E-state index in [1.54, 1.807) is 23.9 Å². The summed E-state index contributed by atoms with van der Waals surface area (Å²) in [5.41, 5.74) is 0.958. The second-order valence-electron chi connectivity index (χ2n) is 4.50. The van der Waals surface area contributed by atoms with Crippen molar-refractivity contribution < 1.29 is 13.2 Å². The van der Waals surface area contributed by atoms with Crippen LogP contribution in [-0.4, -0.2) is 4.57 Å². The average Bonchev–Trinajstić information content (AvgIpc) is 2.77. The number of nitrogens with one attached hydrogen (secondary N) is 1. The van der Waals surface area contributed by atoms with Crippen molar-refractivity contribution in [2.24, 2.45) is 7.05 Å². The Morgan fingerprint density at radius 3 is 2.62 bits per heavy atom. The maximum absolute atomic E-state index is 12.7. The Labute approximate surface area is 128 Å². The highest BCUT2D eigenvalue weighted by Crippen LogP contribution is 2.34. The maximum atomic E-state index is 12.7. The first-order valence-corrected chi connectivity index (χ1v) is 6.76. The summed E-state index contributed by atoms with van der Waals surface area (Å²) in [7, 11) is 1.74. The zero-order valence-electron chi connectivity index (χ0n) is 11.0. The second kappa shape index (κ2) is 5.82. The number of halogens is 4. The number of rotatable bonds is 3. The van der Waals surface area contributed by atoms with Crippen molar-refractivity contribution in [1.29, 1.82) is 5.26 Å². The number of alkyl halides is 3. The van der Waals surface area contributed by atoms with Crippen LogP contribution in [0.2, 0.25) is 0 Å². The second-order valence-corrected chi connectivity index (χ2v) is 5.36. The van der Waals surface area contributed by atoms with Gasteiger partial charge in [0.05, 0.1) is 5.56 Å². The molecule has 1 aromatic carbocycles. The molecule has 110 valence electrons. The molecule has 0 saturated carbocycles. The first-order chi connectivity index (χ1) is 9.81. The van der Waals surface area contributed by atoms with Crippen LogP contribution in [0.1, 0.15) is 16.8 Å². The molecule has 0 aliphatic heterocycles. The van der Waals surface area contributed by atoms with Gasteiger partial charge in [0, 0.05) is 29.9 Å². The van der Waals surface area contributed by atoms with Crippen molar-refractivity contribution in [3.8, 4) is 6.07 Å². The van der Waals surface area contributed by atoms with Gasteiger partial charge in [-0.3, -0.25) is 0 Å². The molecule has 0 bridgehead atoms. The zero-order valence-corrected chi connectivity index (χ0v) is 12.6. The maximum Gasteiger partial charge on any atom is 0.416 e. The molecule has 2 rings (SSSR count). The molecule has 0 saturated heterocycles. The predicted octanol–water partition coefficient (Wildman–Crippen LogP) is 4.29. The van der Waals surface area contributed by atoms with E-state index < -0.39 is 11.7 Å². The molecule has 0 aliphatic carbocycles. The van der Waals surface area contributed by atoms with E-state index in [1.165, 1.54) is 6.07 Å². The smallest absolute Gasteiger partial charge is 0.380 e. The largest absolute Gasteiger partial charge is 0.416 e. The lowest BCUT2D eigenvalue weighted by molar-refractivity contribution is -0.137. The van der Waals surface area contributed by atoms with Crippen molar-refractivity contribution in [2.75, 3.05) is 5.32 Å². The molecular formula is C14H11BrF3N3. The van der Waals surface area contributed by atoms with E-state index in [4.69, 9.17) is 5.26 Å². The molecule has 1 aromatic heterocycles. The van der Waals surface area contributed by atoms with E-state index >= 15 is 0 Å². The Balaban J connectivity index is 2.18. The standard InChI is InChI=1S/C14H11BrF3N3/c1-21-8-9(4-11(21)6-19)7-20-13-5-10(14(16,17)18)2-3-12(13)15/h2-5,8,20H,7H2,1H3. The van der Waals surface area contributed by atoms with Gasteiger partial charge in [0.1, 0.15) is 11.8 Å². The lowest BCUT2D eigenvalue weighted by Crippen LogP contribution is -2.07. The summed E-state index contributed by atoms with van der Waals surface area (Å²) in [6, 6.07) is 7.15. The Morgan fingerprint density at radius 2 is 2.05 bits per heavy atom. The molecule has 0 unspecified atom stereocenters. The molecule has 1 N–H and O–H groups in total. The van der Waals surface area contributed by atoms with Crippen LogP contribution < -0.4 is 5.32 Å². The summed E-state index contributed by atoms with van der Waals surface area (Å²) in [5.74, 6) is 0. The van der Waals surface area contributed by atoms with Crippen molar-refractivity contribution in [1.82, 2.24) is 4.57 Å². The van der Waals surface area contributed by atoms with Crippen molar-refractivity contribution in [3.63, 3.8) is 0 Å². The first kappa shape index (κ1) is 15.4. The minimum atomic E-state index is -4.38. The van der Waals surface area contributed by atoms with Crippen LogP contribution >= 0.6 is 15.9 Å². The summed E-state index contributed by atoms with van der Waals surface area (Å²) < 4.78 is 40.3. The lowest BCUT2D eigenvalue weighted by atomic mass is 10.2. The third-order valence-electron chi connectivity index (χ3n) is 2.95. The summed E-state index contributed by atoms with van der Waals surface area (Å²) in [6.07, 6.45) is -2.62. The van der Waals surface area contributed by atoms with Gasteiger partial charge in [0.15, 0.2) is 0 Å². The van der Waals surface area contributed by atoms with Gasteiger partial charge in [-0.1, -0.05) is 0 Å². The number of benzene rings is 1. The molecule has 21 heavy (non-hydrogen) atoms. The van der Waals surface area contributed by atoms with Crippen LogP contribution in [-0.2, 0) is 19.8 Å². The lowest BCUT2D eigenvalue weighted by Gasteiger charge is -2.12. The van der Waals surface area contributed by atoms with Gasteiger partial charge in [-0.25, -0.2) is 0 Å². The molecule has 0 fully saturated rings. The van der Waals surface area contributed by atoms with E-state index in [2.05, 4.69) is 21.2 Å². The first-order valence-electron chi connectivity index (χ1n) is 5.97. The molecule has 7 heteroatoms. The van der Waals surface area contributed by atoms with Crippen LogP contribution in [0.15, 0.2) is 34.9 Å². The van der Waals surface area contributed by atoms with Crippen molar-refractivity contribution >= 4 is 21.6 Å². The monoisotopic (exact) mass is 357 g/mol. The third kappa shape index (κ3) is 3.58. The molecule has 0 spiro atoms. The normalized spacial score (nSPS) is 11.2. The van der Waals surface area contributed by atoms with Gasteiger partial charge in [0.25, 0.3) is 0 Å². The summed E-state index contributed by atoms with van der Waals surface area (Å²) in [4.78, 5) is 0. The number of hydrogen-bond donors (Lipinski definition) is 1. The summed E-state index contributed by atoms with van der Waals surface area (Å²) in [5, 5.41) is 11.8. The Bertz CT molecular complexity index is 698. The van der Waals surface area contributed by atoms with Gasteiger partial charge in [-0.15, -0.1) is 0 Å². The van der Waals surface area contributed by atoms with Gasteiger partial charge in [-0.05, 0) is 45.8 Å². The highest BCUT2D eigenvalue weighted by Gasteiger charge is 2.30. The number of aromatic nitrogens is 1. The SMILES string of the molecule is Cn1cc(CNc2cc(C(F)(F)F)ccc2Br)cc1C#N. The fraction of sp³-hybridized carbons (Fsp3) is 0.214. The van der Waals surface area contributed by atoms with Gasteiger partial charge < -0.3 is 9.88 Å². The predicted molar refractivity (Wildman–Crippen MR) is 76.6 cm³/mol. The molecule has 3 nitrogen and oxygen atoms in total. The Kier molecular flexibility index (Phi) is 4.28. The van der Waals surface area contributed by atoms with Crippen LogP contribution in [0.25, 0.3) is 0 Å². The Morgan fingerprint density at radius 1 is 1.33 bits per heavy atom. The number of aryl methyl sites for hydroxylation is 1. The number of nitrogens with zero attached hydrogens (tertiary/aromatic N) is 2. The van der Waals surface area contributed by atoms with Gasteiger partial charge >= 0.3 is 6.18 Å². The van der Waals surface area contributed by atoms with Crippen LogP contribution in [0.3, 0.4) is 0 Å². The quantitative estimate of drug-likeness (QED) is 0.889. The van der Waals surface area contributed by atoms with E-state index in [1.807, 2.05) is 6.07 Å². The topological polar surface area (TPSA) is 40.8 Å². The van der Waals surface area contributed by atoms with E-state index in [0.29, 0.717) is 22.4 Å². The highest BCUT2D eigenvalue weighted by atomic mass is 79.9. The Hall–Kier alpha value is -1.94. The molecule has 1 heterocycles. The molecule has 0 amide bonds. The molecule has 2 aromatic rings. The van der Waals surface area contributed by atoms with Gasteiger partial charge in [-0.2, -0.15) is 18.4 Å². The number of nitriles is 1. The number of hydrogen-bond acceptors (Lipinski definition) is 2. The summed E-state index contributed by atoms with van der Waals surface area (Å²) in [6.45, 7) is 0.329. The van der Waals surface area contributed by atoms with Crippen molar-refractivity contribution in [2.45, 2.75) is 12.7 Å². The van der Waals surface area contributed by atoms with E-state index in [-0.39, 0.29) is 0 Å². The van der Waals surface area contributed by atoms with E-state index in [0.717, 1.165) is 17.7 Å². The zero-order chi connectivity index (χ0) is 15.6. The fourth-order valence-electron chi connectivity index (χ4n) is 1.88. The minimum Gasteiger partial charge on any atom is -0.380 e. The van der Waals surface area contributed by atoms with Crippen LogP contribution in [0.4, 0.5) is 18.9 Å². The van der Waals surface area contributed by atoms with Crippen molar-refractivity contribution in [3.05, 3.63) is 51.8 Å². The molecular weight excluding hydrogens is 347 g/mol. The molecule has 0 atom stereocenters. The molecule has 0 radical (unpaired) electrons. The minimum absolute atomic E-state index is 0.329. The van der Waals surface area contributed by atoms with Crippen LogP contribution in [0, 0.1) is 11.3 Å². The van der Waals surface area contributed by atoms with Gasteiger partial charge in [0.2, 0.25) is 0 Å². The fourth-order valence-corrected chi connectivity index (χ4v) is 2.26.